The van der Waals surface area contributed by atoms with Crippen LogP contribution in [0.3, 0.4) is 0 Å². The van der Waals surface area contributed by atoms with Gasteiger partial charge in [-0.05, 0) is 55.0 Å². The number of nitrogens with zero attached hydrogens (tertiary/aromatic N) is 3. The van der Waals surface area contributed by atoms with Crippen molar-refractivity contribution in [2.75, 3.05) is 0 Å². The van der Waals surface area contributed by atoms with Crippen LogP contribution in [0, 0.1) is 12.7 Å². The molecule has 0 aliphatic rings. The number of fused-ring (bicyclic) bond motifs is 1. The molecule has 4 rings (SSSR count). The van der Waals surface area contributed by atoms with E-state index in [1.54, 1.807) is 23.0 Å². The number of rotatable bonds is 5. The average molecular weight is 393 g/mol. The van der Waals surface area contributed by atoms with E-state index in [-0.39, 0.29) is 12.2 Å². The van der Waals surface area contributed by atoms with Crippen molar-refractivity contribution in [3.63, 3.8) is 0 Å². The Kier molecular flexibility index (Phi) is 4.75. The first-order chi connectivity index (χ1) is 13.5. The largest absolute Gasteiger partial charge is 0.481 e. The molecule has 0 fully saturated rings. The maximum atomic E-state index is 13.2. The van der Waals surface area contributed by atoms with E-state index in [0.717, 1.165) is 27.2 Å². The number of carboxylic acid groups (broad SMARTS) is 1. The summed E-state index contributed by atoms with van der Waals surface area (Å²) in [6.45, 7) is 1.85. The maximum Gasteiger partial charge on any atom is 0.307 e. The second kappa shape index (κ2) is 7.36. The van der Waals surface area contributed by atoms with Gasteiger partial charge in [-0.3, -0.25) is 4.79 Å². The molecule has 0 spiro atoms. The lowest BCUT2D eigenvalue weighted by atomic mass is 10.1. The molecule has 0 saturated heterocycles. The zero-order chi connectivity index (χ0) is 19.7. The lowest BCUT2D eigenvalue weighted by Crippen LogP contribution is -1.97. The zero-order valence-electron chi connectivity index (χ0n) is 15.0. The van der Waals surface area contributed by atoms with Crippen LogP contribution in [-0.2, 0) is 4.79 Å². The standard InChI is InChI=1S/C21H16FN3O2S/c1-13-15(12-25(24-13)17-8-6-16(22)7-9-17)10-14(11-20(26)27)21-23-18-4-2-3-5-19(18)28-21/h2-10,12H,11H2,1H3,(H,26,27)/b14-10+. The van der Waals surface area contributed by atoms with Crippen LogP contribution in [-0.4, -0.2) is 25.8 Å². The Labute approximate surface area is 164 Å². The number of carbonyl (C=O) groups is 1. The molecule has 0 atom stereocenters. The lowest BCUT2D eigenvalue weighted by molar-refractivity contribution is -0.135. The quantitative estimate of drug-likeness (QED) is 0.521. The highest BCUT2D eigenvalue weighted by Gasteiger charge is 2.14. The Morgan fingerprint density at radius 1 is 1.21 bits per heavy atom. The van der Waals surface area contributed by atoms with E-state index in [0.29, 0.717) is 10.6 Å². The summed E-state index contributed by atoms with van der Waals surface area (Å²) in [7, 11) is 0. The molecule has 140 valence electrons. The van der Waals surface area contributed by atoms with Crippen LogP contribution in [0.25, 0.3) is 27.6 Å². The van der Waals surface area contributed by atoms with Crippen LogP contribution in [0.1, 0.15) is 22.7 Å². The molecule has 0 saturated carbocycles. The van der Waals surface area contributed by atoms with Crippen LogP contribution in [0.2, 0.25) is 0 Å². The summed E-state index contributed by atoms with van der Waals surface area (Å²) in [5.41, 5.74) is 3.73. The predicted molar refractivity (Wildman–Crippen MR) is 108 cm³/mol. The third kappa shape index (κ3) is 3.70. The van der Waals surface area contributed by atoms with Gasteiger partial charge in [0, 0.05) is 11.8 Å². The minimum absolute atomic E-state index is 0.138. The van der Waals surface area contributed by atoms with Crippen molar-refractivity contribution < 1.29 is 14.3 Å². The molecule has 2 aromatic heterocycles. The van der Waals surface area contributed by atoms with E-state index >= 15 is 0 Å². The minimum Gasteiger partial charge on any atom is -0.481 e. The maximum absolute atomic E-state index is 13.2. The number of hydrogen-bond acceptors (Lipinski definition) is 4. The Morgan fingerprint density at radius 2 is 1.96 bits per heavy atom. The number of benzene rings is 2. The molecule has 0 radical (unpaired) electrons. The number of aliphatic carboxylic acids is 1. The molecule has 5 nitrogen and oxygen atoms in total. The van der Waals surface area contributed by atoms with Crippen molar-refractivity contribution in [2.24, 2.45) is 0 Å². The second-order valence-electron chi connectivity index (χ2n) is 6.32. The number of hydrogen-bond donors (Lipinski definition) is 1. The first-order valence-electron chi connectivity index (χ1n) is 8.60. The minimum atomic E-state index is -0.922. The summed E-state index contributed by atoms with van der Waals surface area (Å²) in [6.07, 6.45) is 3.48. The Hall–Kier alpha value is -3.32. The Balaban J connectivity index is 1.76. The molecule has 0 unspecified atom stereocenters. The number of thiazole rings is 1. The van der Waals surface area contributed by atoms with Crippen molar-refractivity contribution in [2.45, 2.75) is 13.3 Å². The number of aryl methyl sites for hydroxylation is 1. The molecule has 2 heterocycles. The van der Waals surface area contributed by atoms with Gasteiger partial charge in [-0.1, -0.05) is 12.1 Å². The molecule has 0 aliphatic carbocycles. The van der Waals surface area contributed by atoms with Gasteiger partial charge in [-0.2, -0.15) is 5.10 Å². The van der Waals surface area contributed by atoms with Crippen molar-refractivity contribution in [1.82, 2.24) is 14.8 Å². The summed E-state index contributed by atoms with van der Waals surface area (Å²) in [5.74, 6) is -1.23. The summed E-state index contributed by atoms with van der Waals surface area (Å²) in [6, 6.07) is 13.7. The first-order valence-corrected chi connectivity index (χ1v) is 9.42. The summed E-state index contributed by atoms with van der Waals surface area (Å²) >= 11 is 1.47. The van der Waals surface area contributed by atoms with Gasteiger partial charge < -0.3 is 5.11 Å². The fraction of sp³-hybridized carbons (Fsp3) is 0.0952. The first kappa shape index (κ1) is 18.1. The summed E-state index contributed by atoms with van der Waals surface area (Å²) in [5, 5.41) is 14.5. The van der Waals surface area contributed by atoms with Gasteiger partial charge in [0.2, 0.25) is 0 Å². The van der Waals surface area contributed by atoms with Crippen LogP contribution >= 0.6 is 11.3 Å². The van der Waals surface area contributed by atoms with Gasteiger partial charge in [0.1, 0.15) is 10.8 Å². The van der Waals surface area contributed by atoms with Gasteiger partial charge >= 0.3 is 5.97 Å². The van der Waals surface area contributed by atoms with Crippen LogP contribution in [0.4, 0.5) is 4.39 Å². The summed E-state index contributed by atoms with van der Waals surface area (Å²) in [4.78, 5) is 16.0. The molecule has 28 heavy (non-hydrogen) atoms. The second-order valence-corrected chi connectivity index (χ2v) is 7.35. The predicted octanol–water partition coefficient (Wildman–Crippen LogP) is 4.94. The third-order valence-corrected chi connectivity index (χ3v) is 5.38. The van der Waals surface area contributed by atoms with Gasteiger partial charge in [-0.15, -0.1) is 11.3 Å². The van der Waals surface area contributed by atoms with E-state index in [2.05, 4.69) is 10.1 Å². The Morgan fingerprint density at radius 3 is 2.68 bits per heavy atom. The highest BCUT2D eigenvalue weighted by Crippen LogP contribution is 2.30. The fourth-order valence-corrected chi connectivity index (χ4v) is 3.87. The monoisotopic (exact) mass is 393 g/mol. The van der Waals surface area contributed by atoms with Gasteiger partial charge in [0.25, 0.3) is 0 Å². The van der Waals surface area contributed by atoms with E-state index in [9.17, 15) is 14.3 Å². The molecule has 0 amide bonds. The topological polar surface area (TPSA) is 68.0 Å². The van der Waals surface area contributed by atoms with Crippen molar-refractivity contribution in [1.29, 1.82) is 0 Å². The molecule has 0 bridgehead atoms. The van der Waals surface area contributed by atoms with E-state index in [1.165, 1.54) is 23.5 Å². The molecule has 2 aromatic carbocycles. The molecule has 4 aromatic rings. The van der Waals surface area contributed by atoms with E-state index < -0.39 is 5.97 Å². The molecule has 0 aliphatic heterocycles. The highest BCUT2D eigenvalue weighted by atomic mass is 32.1. The molecule has 1 N–H and O–H groups in total. The number of halogens is 1. The summed E-state index contributed by atoms with van der Waals surface area (Å²) < 4.78 is 15.8. The van der Waals surface area contributed by atoms with Gasteiger partial charge in [0.15, 0.2) is 0 Å². The average Bonchev–Trinajstić information content (AvgIpc) is 3.25. The zero-order valence-corrected chi connectivity index (χ0v) is 15.8. The van der Waals surface area contributed by atoms with Gasteiger partial charge in [0.05, 0.1) is 28.0 Å². The number of aromatic nitrogens is 3. The van der Waals surface area contributed by atoms with Crippen molar-refractivity contribution in [3.05, 3.63) is 76.8 Å². The van der Waals surface area contributed by atoms with Crippen LogP contribution in [0.15, 0.2) is 54.7 Å². The Bertz CT molecular complexity index is 1160. The third-order valence-electron chi connectivity index (χ3n) is 4.27. The van der Waals surface area contributed by atoms with Crippen molar-refractivity contribution in [3.8, 4) is 5.69 Å². The smallest absolute Gasteiger partial charge is 0.307 e. The van der Waals surface area contributed by atoms with E-state index in [1.807, 2.05) is 37.3 Å². The van der Waals surface area contributed by atoms with Crippen molar-refractivity contribution >= 4 is 39.2 Å². The number of para-hydroxylation sites is 1. The van der Waals surface area contributed by atoms with Crippen LogP contribution in [0.5, 0.6) is 0 Å². The molecule has 7 heteroatoms. The van der Waals surface area contributed by atoms with E-state index in [4.69, 9.17) is 0 Å². The highest BCUT2D eigenvalue weighted by molar-refractivity contribution is 7.19. The molecular weight excluding hydrogens is 377 g/mol. The van der Waals surface area contributed by atoms with Gasteiger partial charge in [-0.25, -0.2) is 14.1 Å². The SMILES string of the molecule is Cc1nn(-c2ccc(F)cc2)cc1/C=C(\CC(=O)O)c1nc2ccccc2s1. The molecular formula is C21H16FN3O2S. The lowest BCUT2D eigenvalue weighted by Gasteiger charge is -2.01. The number of carboxylic acids is 1. The fourth-order valence-electron chi connectivity index (χ4n) is 2.89. The van der Waals surface area contributed by atoms with Crippen LogP contribution < -0.4 is 0 Å². The normalized spacial score (nSPS) is 11.9.